The van der Waals surface area contributed by atoms with E-state index >= 15 is 0 Å². The molecule has 6 rings (SSSR count). The Balaban J connectivity index is 1.26. The molecule has 0 aliphatic carbocycles. The molecule has 1 saturated heterocycles. The van der Waals surface area contributed by atoms with Crippen LogP contribution in [0.4, 0.5) is 8.78 Å². The van der Waals surface area contributed by atoms with Gasteiger partial charge in [0, 0.05) is 42.2 Å². The highest BCUT2D eigenvalue weighted by molar-refractivity contribution is 7.52. The number of halogens is 2. The van der Waals surface area contributed by atoms with Crippen molar-refractivity contribution in [1.82, 2.24) is 15.1 Å². The van der Waals surface area contributed by atoms with Gasteiger partial charge in [0.1, 0.15) is 12.1 Å². The molecule has 13 heteroatoms. The summed E-state index contributed by atoms with van der Waals surface area (Å²) < 4.78 is 40.7. The Morgan fingerprint density at radius 3 is 2.31 bits per heavy atom. The smallest absolute Gasteiger partial charge is 0.340 e. The lowest BCUT2D eigenvalue weighted by molar-refractivity contribution is -0.149. The normalized spacial score (nSPS) is 19.1. The van der Waals surface area contributed by atoms with E-state index in [0.29, 0.717) is 24.2 Å². The van der Waals surface area contributed by atoms with Gasteiger partial charge in [-0.05, 0) is 52.1 Å². The number of carbonyl (C=O) groups is 3. The van der Waals surface area contributed by atoms with E-state index in [9.17, 15) is 27.7 Å². The van der Waals surface area contributed by atoms with Gasteiger partial charge in [0.05, 0.1) is 4.88 Å². The van der Waals surface area contributed by atoms with Crippen molar-refractivity contribution in [1.29, 1.82) is 0 Å². The van der Waals surface area contributed by atoms with Crippen molar-refractivity contribution in [3.63, 3.8) is 0 Å². The van der Waals surface area contributed by atoms with E-state index in [1.54, 1.807) is 4.90 Å². The summed E-state index contributed by atoms with van der Waals surface area (Å²) in [6.07, 6.45) is 1.16. The topological polar surface area (TPSA) is 127 Å². The second kappa shape index (κ2) is 13.1. The number of likely N-dealkylation sites (tertiary alicyclic amines) is 1. The van der Waals surface area contributed by atoms with E-state index in [-0.39, 0.29) is 28.6 Å². The van der Waals surface area contributed by atoms with Crippen LogP contribution in [0, 0.1) is 5.41 Å². The van der Waals surface area contributed by atoms with Gasteiger partial charge in [0.15, 0.2) is 0 Å². The molecule has 0 radical (unpaired) electrons. The van der Waals surface area contributed by atoms with E-state index < -0.39 is 48.1 Å². The molecule has 3 N–H and O–H groups in total. The van der Waals surface area contributed by atoms with Crippen molar-refractivity contribution in [3.8, 4) is 0 Å². The third-order valence-electron chi connectivity index (χ3n) is 9.43. The van der Waals surface area contributed by atoms with Crippen molar-refractivity contribution in [3.05, 3.63) is 106 Å². The summed E-state index contributed by atoms with van der Waals surface area (Å²) in [6, 6.07) is 20.5. The number of nitrogens with zero attached hydrogens (tertiary/aromatic N) is 2. The zero-order valence-electron chi connectivity index (χ0n) is 27.3. The average Bonchev–Trinajstić information content (AvgIpc) is 3.73. The quantitative estimate of drug-likeness (QED) is 0.195. The first-order chi connectivity index (χ1) is 23.0. The second-order valence-electron chi connectivity index (χ2n) is 13.9. The zero-order chi connectivity index (χ0) is 35.3. The largest absolute Gasteiger partial charge is 0.399 e. The number of benzene rings is 3. The van der Waals surface area contributed by atoms with Crippen molar-refractivity contribution in [2.24, 2.45) is 5.41 Å². The van der Waals surface area contributed by atoms with Crippen LogP contribution in [-0.4, -0.2) is 62.5 Å². The lowest BCUT2D eigenvalue weighted by atomic mass is 9.84. The van der Waals surface area contributed by atoms with Crippen LogP contribution < -0.4 is 5.32 Å². The Kier molecular flexibility index (Phi) is 9.30. The summed E-state index contributed by atoms with van der Waals surface area (Å²) in [6.45, 7) is 6.77. The standard InChI is InChI=1S/C36H38F2N3O6PS/c1-35(2,3)31(39-32(42)30-19-26-17-27(13-14-29(26)49-30)36(37,38)48(45,46)47)34(44)41-21-24-12-8-7-11-23(24)18-28(41)33(43)40-16-15-25(20-40)22-9-5-4-6-10-22/h4-14,17,19,25,28,31H,15-16,18,20-21H2,1-3H3,(H,39,42)(H2,45,46,47)/t25-,28?,31?/m0/s1. The van der Waals surface area contributed by atoms with Crippen molar-refractivity contribution in [2.45, 2.75) is 63.8 Å². The van der Waals surface area contributed by atoms with E-state index in [0.717, 1.165) is 41.0 Å². The molecule has 49 heavy (non-hydrogen) atoms. The monoisotopic (exact) mass is 709 g/mol. The highest BCUT2D eigenvalue weighted by Crippen LogP contribution is 2.59. The molecule has 0 saturated carbocycles. The van der Waals surface area contributed by atoms with Gasteiger partial charge in [-0.15, -0.1) is 11.3 Å². The molecule has 3 aromatic carbocycles. The zero-order valence-corrected chi connectivity index (χ0v) is 29.0. The van der Waals surface area contributed by atoms with Gasteiger partial charge in [0.25, 0.3) is 5.91 Å². The average molecular weight is 710 g/mol. The van der Waals surface area contributed by atoms with Gasteiger partial charge < -0.3 is 24.9 Å². The number of thiophene rings is 1. The Hall–Kier alpha value is -3.96. The van der Waals surface area contributed by atoms with Crippen LogP contribution in [0.15, 0.2) is 78.9 Å². The molecule has 2 aliphatic heterocycles. The minimum Gasteiger partial charge on any atom is -0.340 e. The molecule has 4 aromatic rings. The number of rotatable bonds is 7. The van der Waals surface area contributed by atoms with Crippen LogP contribution in [0.1, 0.15) is 65.0 Å². The molecule has 9 nitrogen and oxygen atoms in total. The summed E-state index contributed by atoms with van der Waals surface area (Å²) in [7, 11) is -5.78. The first kappa shape index (κ1) is 34.9. The number of carbonyl (C=O) groups excluding carboxylic acids is 3. The number of nitrogens with one attached hydrogen (secondary N) is 1. The van der Waals surface area contributed by atoms with Gasteiger partial charge in [-0.3, -0.25) is 18.9 Å². The maximum atomic E-state index is 14.5. The van der Waals surface area contributed by atoms with Gasteiger partial charge in [-0.1, -0.05) is 81.4 Å². The lowest BCUT2D eigenvalue weighted by Crippen LogP contribution is -2.60. The maximum Gasteiger partial charge on any atom is 0.399 e. The van der Waals surface area contributed by atoms with Crippen LogP contribution >= 0.6 is 18.9 Å². The van der Waals surface area contributed by atoms with Crippen molar-refractivity contribution >= 4 is 46.7 Å². The molecule has 1 aromatic heterocycles. The maximum absolute atomic E-state index is 14.5. The summed E-state index contributed by atoms with van der Waals surface area (Å²) in [5.74, 6) is -0.944. The Bertz CT molecular complexity index is 1960. The third kappa shape index (κ3) is 6.92. The molecule has 3 amide bonds. The van der Waals surface area contributed by atoms with E-state index in [1.807, 2.05) is 68.1 Å². The molecule has 258 valence electrons. The molecule has 0 spiro atoms. The molecular weight excluding hydrogens is 671 g/mol. The van der Waals surface area contributed by atoms with Crippen LogP contribution in [0.25, 0.3) is 10.1 Å². The fraction of sp³-hybridized carbons (Fsp3) is 0.361. The summed E-state index contributed by atoms with van der Waals surface area (Å²) in [5.41, 5.74) is -2.95. The first-order valence-electron chi connectivity index (χ1n) is 16.0. The molecule has 0 bridgehead atoms. The Morgan fingerprint density at radius 2 is 1.63 bits per heavy atom. The number of hydrogen-bond acceptors (Lipinski definition) is 5. The van der Waals surface area contributed by atoms with E-state index in [2.05, 4.69) is 17.4 Å². The molecule has 2 unspecified atom stereocenters. The van der Waals surface area contributed by atoms with Crippen LogP contribution in [0.3, 0.4) is 0 Å². The summed E-state index contributed by atoms with van der Waals surface area (Å²) in [4.78, 5) is 64.3. The summed E-state index contributed by atoms with van der Waals surface area (Å²) >= 11 is 1.01. The molecule has 2 aliphatic rings. The fourth-order valence-corrected chi connectivity index (χ4v) is 8.09. The van der Waals surface area contributed by atoms with Gasteiger partial charge in [0.2, 0.25) is 11.8 Å². The number of alkyl halides is 2. The Labute approximate surface area is 287 Å². The predicted octanol–water partition coefficient (Wildman–Crippen LogP) is 6.24. The molecule has 1 fully saturated rings. The van der Waals surface area contributed by atoms with Gasteiger partial charge in [-0.2, -0.15) is 8.78 Å². The second-order valence-corrected chi connectivity index (χ2v) is 16.6. The molecular formula is C36H38F2N3O6PS. The van der Waals surface area contributed by atoms with Crippen LogP contribution in [-0.2, 0) is 32.8 Å². The van der Waals surface area contributed by atoms with Crippen molar-refractivity contribution < 1.29 is 37.5 Å². The van der Waals surface area contributed by atoms with Gasteiger partial charge in [-0.25, -0.2) is 0 Å². The highest BCUT2D eigenvalue weighted by atomic mass is 32.1. The minimum absolute atomic E-state index is 0.132. The highest BCUT2D eigenvalue weighted by Gasteiger charge is 2.50. The molecule has 3 atom stereocenters. The van der Waals surface area contributed by atoms with Crippen LogP contribution in [0.5, 0.6) is 0 Å². The van der Waals surface area contributed by atoms with E-state index in [1.165, 1.54) is 17.7 Å². The molecule has 3 heterocycles. The number of hydrogen-bond donors (Lipinski definition) is 3. The van der Waals surface area contributed by atoms with Gasteiger partial charge >= 0.3 is 13.3 Å². The Morgan fingerprint density at radius 1 is 0.959 bits per heavy atom. The SMILES string of the molecule is CC(C)(C)C(NC(=O)c1cc2cc(C(F)(F)P(=O)(O)O)ccc2s1)C(=O)N1Cc2ccccc2CC1C(=O)N1CC[C@H](c2ccccc2)C1. The number of amides is 3. The first-order valence-corrected chi connectivity index (χ1v) is 18.5. The number of fused-ring (bicyclic) bond motifs is 2. The van der Waals surface area contributed by atoms with E-state index in [4.69, 9.17) is 9.79 Å². The van der Waals surface area contributed by atoms with Crippen molar-refractivity contribution in [2.75, 3.05) is 13.1 Å². The predicted molar refractivity (Wildman–Crippen MR) is 183 cm³/mol. The van der Waals surface area contributed by atoms with Crippen LogP contribution in [0.2, 0.25) is 0 Å². The minimum atomic E-state index is -5.78. The lowest BCUT2D eigenvalue weighted by Gasteiger charge is -2.42. The fourth-order valence-electron chi connectivity index (χ4n) is 6.67. The summed E-state index contributed by atoms with van der Waals surface area (Å²) in [5, 5.41) is 3.07. The third-order valence-corrected chi connectivity index (χ3v) is 11.5.